The monoisotopic (exact) mass is 380 g/mol. The summed E-state index contributed by atoms with van der Waals surface area (Å²) in [6.07, 6.45) is 3.32. The first-order valence-electron chi connectivity index (χ1n) is 9.42. The maximum atomic E-state index is 10.4. The smallest absolute Gasteiger partial charge is 0.245 e. The Labute approximate surface area is 163 Å². The summed E-state index contributed by atoms with van der Waals surface area (Å²) in [6, 6.07) is 5.61. The standard InChI is InChI=1S/C19H24N8O/c1-12(2)17-11-26(7-6-20-17)19-21-10-16(23-24-19)15-5-4-14(8-18(15)28)27-22-9-13(3)25-27/h4-5,8-10,12,17,20,28H,6-7,11H2,1-3H3. The molecule has 0 amide bonds. The number of phenols is 1. The Morgan fingerprint density at radius 2 is 2.07 bits per heavy atom. The fourth-order valence-corrected chi connectivity index (χ4v) is 3.27. The van der Waals surface area contributed by atoms with Crippen LogP contribution in [0.2, 0.25) is 0 Å². The summed E-state index contributed by atoms with van der Waals surface area (Å²) >= 11 is 0. The predicted octanol–water partition coefficient (Wildman–Crippen LogP) is 1.57. The number of piperazine rings is 1. The van der Waals surface area contributed by atoms with Crippen molar-refractivity contribution in [1.82, 2.24) is 35.5 Å². The van der Waals surface area contributed by atoms with Crippen molar-refractivity contribution in [1.29, 1.82) is 0 Å². The van der Waals surface area contributed by atoms with E-state index in [9.17, 15) is 5.11 Å². The zero-order valence-corrected chi connectivity index (χ0v) is 16.2. The van der Waals surface area contributed by atoms with Gasteiger partial charge in [-0.05, 0) is 25.0 Å². The van der Waals surface area contributed by atoms with Crippen LogP contribution in [0.1, 0.15) is 19.5 Å². The van der Waals surface area contributed by atoms with E-state index >= 15 is 0 Å². The van der Waals surface area contributed by atoms with Crippen molar-refractivity contribution in [3.05, 3.63) is 36.3 Å². The Morgan fingerprint density at radius 3 is 2.71 bits per heavy atom. The molecule has 1 aliphatic heterocycles. The molecule has 9 heteroatoms. The Hall–Kier alpha value is -3.07. The van der Waals surface area contributed by atoms with Crippen molar-refractivity contribution >= 4 is 5.95 Å². The topological polar surface area (TPSA) is 105 Å². The molecule has 0 spiro atoms. The van der Waals surface area contributed by atoms with Crippen molar-refractivity contribution in [2.75, 3.05) is 24.5 Å². The van der Waals surface area contributed by atoms with Crippen LogP contribution in [0.15, 0.2) is 30.6 Å². The summed E-state index contributed by atoms with van der Waals surface area (Å²) in [6.45, 7) is 8.88. The van der Waals surface area contributed by atoms with Crippen LogP contribution < -0.4 is 10.2 Å². The lowest BCUT2D eigenvalue weighted by atomic mass is 10.0. The second-order valence-electron chi connectivity index (χ2n) is 7.37. The van der Waals surface area contributed by atoms with E-state index in [1.165, 1.54) is 4.80 Å². The molecule has 1 unspecified atom stereocenters. The molecule has 0 aliphatic carbocycles. The average Bonchev–Trinajstić information content (AvgIpc) is 3.14. The lowest BCUT2D eigenvalue weighted by molar-refractivity contribution is 0.365. The van der Waals surface area contributed by atoms with Gasteiger partial charge in [0.05, 0.1) is 23.8 Å². The second-order valence-corrected chi connectivity index (χ2v) is 7.37. The van der Waals surface area contributed by atoms with Gasteiger partial charge in [0.1, 0.15) is 11.4 Å². The van der Waals surface area contributed by atoms with Gasteiger partial charge in [-0.2, -0.15) is 15.0 Å². The normalized spacial score (nSPS) is 17.3. The Balaban J connectivity index is 1.54. The molecule has 1 atom stereocenters. The second kappa shape index (κ2) is 7.51. The lowest BCUT2D eigenvalue weighted by Crippen LogP contribution is -2.53. The SMILES string of the molecule is Cc1cnn(-c2ccc(-c3cnc(N4CCNC(C(C)C)C4)nn3)c(O)c2)n1. The molecule has 146 valence electrons. The van der Waals surface area contributed by atoms with Crippen LogP contribution in [0.4, 0.5) is 5.95 Å². The number of benzene rings is 1. The third kappa shape index (κ3) is 3.65. The zero-order valence-electron chi connectivity index (χ0n) is 16.2. The molecule has 1 aromatic carbocycles. The fourth-order valence-electron chi connectivity index (χ4n) is 3.27. The molecule has 2 N–H and O–H groups in total. The van der Waals surface area contributed by atoms with E-state index in [0.717, 1.165) is 25.3 Å². The Kier molecular flexibility index (Phi) is 4.91. The van der Waals surface area contributed by atoms with Crippen LogP contribution in [0, 0.1) is 12.8 Å². The first-order valence-corrected chi connectivity index (χ1v) is 9.42. The van der Waals surface area contributed by atoms with Gasteiger partial charge in [-0.3, -0.25) is 0 Å². The molecule has 4 rings (SSSR count). The molecular weight excluding hydrogens is 356 g/mol. The number of hydrogen-bond acceptors (Lipinski definition) is 8. The quantitative estimate of drug-likeness (QED) is 0.703. The van der Waals surface area contributed by atoms with Gasteiger partial charge in [0.2, 0.25) is 5.95 Å². The summed E-state index contributed by atoms with van der Waals surface area (Å²) < 4.78 is 0. The number of nitrogens with zero attached hydrogens (tertiary/aromatic N) is 7. The van der Waals surface area contributed by atoms with Gasteiger partial charge in [-0.1, -0.05) is 13.8 Å². The highest BCUT2D eigenvalue weighted by Gasteiger charge is 2.23. The summed E-state index contributed by atoms with van der Waals surface area (Å²) in [4.78, 5) is 8.10. The van der Waals surface area contributed by atoms with E-state index in [4.69, 9.17) is 0 Å². The number of anilines is 1. The Morgan fingerprint density at radius 1 is 1.21 bits per heavy atom. The molecule has 28 heavy (non-hydrogen) atoms. The number of aromatic nitrogens is 6. The van der Waals surface area contributed by atoms with E-state index in [-0.39, 0.29) is 5.75 Å². The van der Waals surface area contributed by atoms with E-state index < -0.39 is 0 Å². The first kappa shape index (κ1) is 18.3. The molecule has 1 aliphatic rings. The molecule has 9 nitrogen and oxygen atoms in total. The largest absolute Gasteiger partial charge is 0.507 e. The number of aromatic hydroxyl groups is 1. The highest BCUT2D eigenvalue weighted by atomic mass is 16.3. The summed E-state index contributed by atoms with van der Waals surface area (Å²) in [5, 5.41) is 31.0. The first-order chi connectivity index (χ1) is 13.5. The molecule has 1 fully saturated rings. The molecule has 2 aromatic heterocycles. The van der Waals surface area contributed by atoms with Gasteiger partial charge in [0.25, 0.3) is 0 Å². The maximum Gasteiger partial charge on any atom is 0.245 e. The van der Waals surface area contributed by atoms with Crippen molar-refractivity contribution < 1.29 is 5.11 Å². The fraction of sp³-hybridized carbons (Fsp3) is 0.421. The van der Waals surface area contributed by atoms with Crippen LogP contribution >= 0.6 is 0 Å². The average molecular weight is 380 g/mol. The van der Waals surface area contributed by atoms with Gasteiger partial charge in [-0.15, -0.1) is 10.2 Å². The molecule has 0 bridgehead atoms. The van der Waals surface area contributed by atoms with Gasteiger partial charge in [0.15, 0.2) is 0 Å². The van der Waals surface area contributed by atoms with Crippen LogP contribution in [-0.4, -0.2) is 61.0 Å². The summed E-state index contributed by atoms with van der Waals surface area (Å²) in [5.41, 5.74) is 2.57. The lowest BCUT2D eigenvalue weighted by Gasteiger charge is -2.35. The number of nitrogens with one attached hydrogen (secondary N) is 1. The highest BCUT2D eigenvalue weighted by molar-refractivity contribution is 5.67. The number of phenolic OH excluding ortho intramolecular Hbond substituents is 1. The zero-order chi connectivity index (χ0) is 19.7. The Bertz CT molecular complexity index is 953. The molecule has 0 saturated carbocycles. The minimum atomic E-state index is 0.0818. The molecule has 3 aromatic rings. The van der Waals surface area contributed by atoms with E-state index in [1.807, 2.05) is 13.0 Å². The van der Waals surface area contributed by atoms with E-state index in [1.54, 1.807) is 24.5 Å². The molecule has 0 radical (unpaired) electrons. The van der Waals surface area contributed by atoms with Crippen molar-refractivity contribution in [2.45, 2.75) is 26.8 Å². The summed E-state index contributed by atoms with van der Waals surface area (Å²) in [5.74, 6) is 1.24. The van der Waals surface area contributed by atoms with Crippen LogP contribution in [0.25, 0.3) is 16.9 Å². The van der Waals surface area contributed by atoms with Crippen molar-refractivity contribution in [3.63, 3.8) is 0 Å². The van der Waals surface area contributed by atoms with Crippen LogP contribution in [0.3, 0.4) is 0 Å². The summed E-state index contributed by atoms with van der Waals surface area (Å²) in [7, 11) is 0. The van der Waals surface area contributed by atoms with E-state index in [0.29, 0.717) is 34.9 Å². The van der Waals surface area contributed by atoms with Crippen LogP contribution in [0.5, 0.6) is 5.75 Å². The predicted molar refractivity (Wildman–Crippen MR) is 105 cm³/mol. The van der Waals surface area contributed by atoms with Crippen molar-refractivity contribution in [2.24, 2.45) is 5.92 Å². The third-order valence-corrected chi connectivity index (χ3v) is 4.94. The van der Waals surface area contributed by atoms with Gasteiger partial charge in [0, 0.05) is 37.3 Å². The third-order valence-electron chi connectivity index (χ3n) is 4.94. The van der Waals surface area contributed by atoms with Crippen molar-refractivity contribution in [3.8, 4) is 22.7 Å². The minimum Gasteiger partial charge on any atom is -0.507 e. The molecular formula is C19H24N8O. The van der Waals surface area contributed by atoms with Gasteiger partial charge >= 0.3 is 0 Å². The minimum absolute atomic E-state index is 0.0818. The van der Waals surface area contributed by atoms with E-state index in [2.05, 4.69) is 49.4 Å². The number of rotatable bonds is 4. The molecule has 3 heterocycles. The van der Waals surface area contributed by atoms with Gasteiger partial charge in [-0.25, -0.2) is 4.98 Å². The van der Waals surface area contributed by atoms with Crippen LogP contribution in [-0.2, 0) is 0 Å². The van der Waals surface area contributed by atoms with Gasteiger partial charge < -0.3 is 15.3 Å². The number of hydrogen-bond donors (Lipinski definition) is 2. The molecule has 1 saturated heterocycles. The number of aryl methyl sites for hydroxylation is 1. The maximum absolute atomic E-state index is 10.4. The highest BCUT2D eigenvalue weighted by Crippen LogP contribution is 2.29.